The smallest absolute Gasteiger partial charge is 0.343 e. The van der Waals surface area contributed by atoms with E-state index in [1.54, 1.807) is 44.2 Å². The summed E-state index contributed by atoms with van der Waals surface area (Å²) in [5.74, 6) is -5.77. The maximum absolute atomic E-state index is 15.5. The summed E-state index contributed by atoms with van der Waals surface area (Å²) in [6.45, 7) is 0.192. The molecule has 0 saturated heterocycles. The number of esters is 1. The van der Waals surface area contributed by atoms with Crippen LogP contribution in [0.3, 0.4) is 0 Å². The summed E-state index contributed by atoms with van der Waals surface area (Å²) in [5.41, 5.74) is 11.9. The molecule has 20 heteroatoms. The van der Waals surface area contributed by atoms with Crippen LogP contribution in [0.1, 0.15) is 64.8 Å². The molecule has 0 saturated carbocycles. The van der Waals surface area contributed by atoms with Crippen molar-refractivity contribution in [1.29, 1.82) is 0 Å². The van der Waals surface area contributed by atoms with Gasteiger partial charge in [0, 0.05) is 29.0 Å². The van der Waals surface area contributed by atoms with Crippen molar-refractivity contribution in [1.82, 2.24) is 35.7 Å². The molecular weight excluding hydrogens is 822 g/mol. The molecular formula is C43H46FN9O10. The SMILES string of the molecule is CC[C@@]1(O)C(=O)OCc2c1cc1n(c2=O)Cc2c-1nc1cc(F)c(C)c3c1c2[C@@H](N(CC(N)=O)C(=O)CNC(=O)CNC(=O)[C@H](Cc1ccccc1)NC(=O)CNC(=O)CN)CC3. The molecule has 330 valence electrons. The van der Waals surface area contributed by atoms with Crippen molar-refractivity contribution in [2.45, 2.75) is 70.4 Å². The van der Waals surface area contributed by atoms with E-state index in [0.29, 0.717) is 33.2 Å². The minimum atomic E-state index is -2.10. The topological polar surface area (TPSA) is 287 Å². The van der Waals surface area contributed by atoms with Crippen molar-refractivity contribution >= 4 is 52.3 Å². The zero-order valence-corrected chi connectivity index (χ0v) is 34.5. The fourth-order valence-electron chi connectivity index (χ4n) is 8.57. The number of nitrogens with two attached hydrogens (primary N) is 2. The highest BCUT2D eigenvalue weighted by Gasteiger charge is 2.46. The Hall–Kier alpha value is -7.06. The Labute approximate surface area is 358 Å². The van der Waals surface area contributed by atoms with Gasteiger partial charge in [0.15, 0.2) is 5.60 Å². The van der Waals surface area contributed by atoms with Gasteiger partial charge in [-0.3, -0.25) is 33.6 Å². The monoisotopic (exact) mass is 867 g/mol. The number of halogens is 1. The number of hydrogen-bond acceptors (Lipinski definition) is 12. The van der Waals surface area contributed by atoms with Gasteiger partial charge in [-0.05, 0) is 54.5 Å². The Kier molecular flexibility index (Phi) is 12.4. The molecule has 2 aromatic heterocycles. The summed E-state index contributed by atoms with van der Waals surface area (Å²) in [5, 5.41) is 21.7. The minimum Gasteiger partial charge on any atom is -0.458 e. The van der Waals surface area contributed by atoms with Gasteiger partial charge >= 0.3 is 5.97 Å². The van der Waals surface area contributed by atoms with Gasteiger partial charge in [0.2, 0.25) is 35.4 Å². The van der Waals surface area contributed by atoms with Crippen LogP contribution >= 0.6 is 0 Å². The van der Waals surface area contributed by atoms with Crippen LogP contribution in [-0.2, 0) is 69.9 Å². The lowest BCUT2D eigenvalue weighted by atomic mass is 9.81. The van der Waals surface area contributed by atoms with Crippen LogP contribution < -0.4 is 38.3 Å². The number of nitrogens with zero attached hydrogens (tertiary/aromatic N) is 3. The van der Waals surface area contributed by atoms with Gasteiger partial charge < -0.3 is 52.0 Å². The maximum atomic E-state index is 15.5. The number of fused-ring (bicyclic) bond motifs is 5. The molecule has 0 unspecified atom stereocenters. The molecule has 3 atom stereocenters. The molecule has 2 aliphatic heterocycles. The van der Waals surface area contributed by atoms with E-state index >= 15 is 4.39 Å². The normalized spacial score (nSPS) is 17.3. The predicted octanol–water partition coefficient (Wildman–Crippen LogP) is -1.14. The first-order chi connectivity index (χ1) is 30.1. The van der Waals surface area contributed by atoms with E-state index in [0.717, 1.165) is 0 Å². The number of amides is 6. The summed E-state index contributed by atoms with van der Waals surface area (Å²) < 4.78 is 22.1. The zero-order chi connectivity index (χ0) is 45.3. The fourth-order valence-corrected chi connectivity index (χ4v) is 8.57. The van der Waals surface area contributed by atoms with Crippen molar-refractivity contribution < 1.29 is 47.8 Å². The van der Waals surface area contributed by atoms with Crippen LogP contribution in [0.25, 0.3) is 22.3 Å². The number of carbonyl (C=O) groups is 7. The van der Waals surface area contributed by atoms with Crippen molar-refractivity contribution in [2.75, 3.05) is 32.7 Å². The van der Waals surface area contributed by atoms with Gasteiger partial charge in [0.25, 0.3) is 5.56 Å². The fraction of sp³-hybridized carbons (Fsp3) is 0.372. The molecule has 0 radical (unpaired) electrons. The van der Waals surface area contributed by atoms with Gasteiger partial charge in [0.05, 0.1) is 67.8 Å². The first-order valence-corrected chi connectivity index (χ1v) is 20.3. The van der Waals surface area contributed by atoms with Crippen molar-refractivity contribution in [3.63, 3.8) is 0 Å². The number of aromatic nitrogens is 2. The van der Waals surface area contributed by atoms with Crippen molar-refractivity contribution in [3.8, 4) is 11.4 Å². The van der Waals surface area contributed by atoms with E-state index in [1.165, 1.54) is 21.6 Å². The zero-order valence-electron chi connectivity index (χ0n) is 34.5. The van der Waals surface area contributed by atoms with Crippen molar-refractivity contribution in [3.05, 3.63) is 97.6 Å². The third-order valence-corrected chi connectivity index (χ3v) is 11.8. The lowest BCUT2D eigenvalue weighted by Crippen LogP contribution is -2.52. The summed E-state index contributed by atoms with van der Waals surface area (Å²) in [6.07, 6.45) is 0.420. The second-order valence-corrected chi connectivity index (χ2v) is 15.6. The molecule has 7 rings (SSSR count). The Morgan fingerprint density at radius 3 is 2.41 bits per heavy atom. The van der Waals surface area contributed by atoms with E-state index < -0.39 is 96.7 Å². The van der Waals surface area contributed by atoms with E-state index in [1.807, 2.05) is 0 Å². The molecule has 2 aromatic carbocycles. The predicted molar refractivity (Wildman–Crippen MR) is 221 cm³/mol. The second kappa shape index (κ2) is 17.7. The average molecular weight is 868 g/mol. The number of aryl methyl sites for hydroxylation is 1. The number of pyridine rings is 2. The van der Waals surface area contributed by atoms with Crippen LogP contribution in [0.2, 0.25) is 0 Å². The van der Waals surface area contributed by atoms with Crippen molar-refractivity contribution in [2.24, 2.45) is 11.5 Å². The first-order valence-electron chi connectivity index (χ1n) is 20.3. The van der Waals surface area contributed by atoms with Gasteiger partial charge in [-0.2, -0.15) is 0 Å². The third-order valence-electron chi connectivity index (χ3n) is 11.8. The summed E-state index contributed by atoms with van der Waals surface area (Å²) in [7, 11) is 0. The quantitative estimate of drug-likeness (QED) is 0.0616. The number of rotatable bonds is 15. The minimum absolute atomic E-state index is 0.0468. The molecule has 0 spiro atoms. The van der Waals surface area contributed by atoms with Gasteiger partial charge in [-0.1, -0.05) is 37.3 Å². The van der Waals surface area contributed by atoms with Gasteiger partial charge in [-0.25, -0.2) is 14.2 Å². The summed E-state index contributed by atoms with van der Waals surface area (Å²) in [6, 6.07) is 9.49. The first kappa shape index (κ1) is 44.0. The molecule has 6 amide bonds. The number of nitrogens with one attached hydrogen (secondary N) is 4. The molecule has 0 fully saturated rings. The highest BCUT2D eigenvalue weighted by molar-refractivity contribution is 5.96. The number of ether oxygens (including phenoxy) is 1. The van der Waals surface area contributed by atoms with E-state index in [9.17, 15) is 43.5 Å². The lowest BCUT2D eigenvalue weighted by molar-refractivity contribution is -0.172. The molecule has 9 N–H and O–H groups in total. The standard InChI is InChI=1S/C43H46FN9O10/c1-3-43(62)26-12-31-39-24(18-53(31)41(60)25(26)20-63-42(43)61)38-30(10-9-23-21(2)27(44)13-28(51-39)37(23)38)52(19-32(46)54)36(58)17-48-34(56)15-49-40(59)29(11-22-7-5-4-6-8-22)50-35(57)16-47-33(55)14-45/h4-8,12-13,29-30,62H,3,9-11,14-20,45H2,1-2H3,(H2,46,54)(H,47,55)(H,48,56)(H,49,59)(H,50,57)/t29-,30-,43-/m0/s1. The molecule has 0 bridgehead atoms. The number of benzene rings is 2. The van der Waals surface area contributed by atoms with Crippen LogP contribution in [0.5, 0.6) is 0 Å². The molecule has 4 aromatic rings. The highest BCUT2D eigenvalue weighted by atomic mass is 19.1. The van der Waals surface area contributed by atoms with Crippen LogP contribution in [0.4, 0.5) is 4.39 Å². The van der Waals surface area contributed by atoms with Gasteiger partial charge in [0.1, 0.15) is 18.5 Å². The van der Waals surface area contributed by atoms with E-state index in [4.69, 9.17) is 21.2 Å². The summed E-state index contributed by atoms with van der Waals surface area (Å²) in [4.78, 5) is 110. The third kappa shape index (κ3) is 8.46. The maximum Gasteiger partial charge on any atom is 0.343 e. The van der Waals surface area contributed by atoms with E-state index in [-0.39, 0.29) is 73.4 Å². The van der Waals surface area contributed by atoms with Crippen LogP contribution in [0, 0.1) is 12.7 Å². The molecule has 63 heavy (non-hydrogen) atoms. The lowest BCUT2D eigenvalue weighted by Gasteiger charge is -2.37. The Morgan fingerprint density at radius 2 is 1.71 bits per heavy atom. The van der Waals surface area contributed by atoms with Crippen LogP contribution in [0.15, 0.2) is 47.3 Å². The Morgan fingerprint density at radius 1 is 1.00 bits per heavy atom. The number of aliphatic hydroxyl groups is 1. The molecule has 4 heterocycles. The average Bonchev–Trinajstić information content (AvgIpc) is 3.64. The number of hydrogen-bond donors (Lipinski definition) is 7. The molecule has 19 nitrogen and oxygen atoms in total. The number of carbonyl (C=O) groups excluding carboxylic acids is 7. The largest absolute Gasteiger partial charge is 0.458 e. The Balaban J connectivity index is 1.14. The van der Waals surface area contributed by atoms with Gasteiger partial charge in [-0.15, -0.1) is 0 Å². The molecule has 1 aliphatic carbocycles. The second-order valence-electron chi connectivity index (χ2n) is 15.6. The number of primary amides is 1. The van der Waals surface area contributed by atoms with E-state index in [2.05, 4.69) is 21.3 Å². The summed E-state index contributed by atoms with van der Waals surface area (Å²) >= 11 is 0. The number of cyclic esters (lactones) is 1. The van der Waals surface area contributed by atoms with Crippen LogP contribution in [-0.4, -0.2) is 99.7 Å². The Bertz CT molecular complexity index is 2650. The highest BCUT2D eigenvalue weighted by Crippen LogP contribution is 2.47. The molecule has 3 aliphatic rings.